The van der Waals surface area contributed by atoms with Crippen molar-refractivity contribution in [3.05, 3.63) is 46.2 Å². The van der Waals surface area contributed by atoms with Crippen LogP contribution in [0.1, 0.15) is 36.7 Å². The molecule has 28 heavy (non-hydrogen) atoms. The first-order valence-electron chi connectivity index (χ1n) is 9.78. The van der Waals surface area contributed by atoms with Crippen LogP contribution in [0.5, 0.6) is 0 Å². The number of nitrogens with zero attached hydrogens (tertiary/aromatic N) is 3. The van der Waals surface area contributed by atoms with Crippen molar-refractivity contribution in [2.75, 3.05) is 20.1 Å². The maximum atomic E-state index is 13.2. The van der Waals surface area contributed by atoms with Crippen LogP contribution in [0.4, 0.5) is 0 Å². The number of aryl methyl sites for hydroxylation is 1. The smallest absolute Gasteiger partial charge is 0.246 e. The number of benzene rings is 1. The maximum Gasteiger partial charge on any atom is 0.246 e. The normalized spacial score (nSPS) is 17.8. The zero-order valence-corrected chi connectivity index (χ0v) is 18.6. The van der Waals surface area contributed by atoms with Gasteiger partial charge in [0.2, 0.25) is 10.0 Å². The fourth-order valence-corrected chi connectivity index (χ4v) is 5.79. The molecule has 1 aromatic carbocycles. The zero-order valence-electron chi connectivity index (χ0n) is 17.1. The van der Waals surface area contributed by atoms with Crippen LogP contribution in [-0.2, 0) is 23.2 Å². The largest absolute Gasteiger partial charge is 0.315 e. The molecule has 0 saturated carbocycles. The summed E-state index contributed by atoms with van der Waals surface area (Å²) in [7, 11) is -1.42. The van der Waals surface area contributed by atoms with Gasteiger partial charge in [0.15, 0.2) is 6.67 Å². The summed E-state index contributed by atoms with van der Waals surface area (Å²) >= 11 is 5.95. The Morgan fingerprint density at radius 1 is 1.18 bits per heavy atom. The van der Waals surface area contributed by atoms with Gasteiger partial charge in [-0.05, 0) is 44.7 Å². The Kier molecular flexibility index (Phi) is 6.49. The van der Waals surface area contributed by atoms with Crippen molar-refractivity contribution < 1.29 is 13.3 Å². The number of rotatable bonds is 6. The van der Waals surface area contributed by atoms with E-state index in [1.54, 1.807) is 11.2 Å². The lowest BCUT2D eigenvalue weighted by atomic mass is 10.0. The Labute approximate surface area is 173 Å². The van der Waals surface area contributed by atoms with E-state index in [1.165, 1.54) is 10.5 Å². The molecule has 1 atom stereocenters. The highest BCUT2D eigenvalue weighted by molar-refractivity contribution is 7.89. The van der Waals surface area contributed by atoms with Crippen molar-refractivity contribution >= 4 is 21.6 Å². The standard InChI is InChI=1S/C20H29ClN4O2S/c1-15-9-11-24(12-10-15)28(26,27)20-16(2)22-25(17(20)3)14-23(4)13-18-5-7-19(21)8-6-18/h5-8,15H,9-14H2,1-4H3/p+1. The average molecular weight is 426 g/mol. The van der Waals surface area contributed by atoms with E-state index in [1.807, 2.05) is 35.9 Å². The second kappa shape index (κ2) is 8.53. The van der Waals surface area contributed by atoms with Gasteiger partial charge in [0.25, 0.3) is 0 Å². The lowest BCUT2D eigenvalue weighted by Crippen LogP contribution is -3.07. The van der Waals surface area contributed by atoms with Crippen LogP contribution in [0.25, 0.3) is 0 Å². The molecule has 3 rings (SSSR count). The number of hydrogen-bond acceptors (Lipinski definition) is 3. The molecule has 8 heteroatoms. The number of hydrogen-bond donors (Lipinski definition) is 1. The first-order chi connectivity index (χ1) is 13.2. The Morgan fingerprint density at radius 3 is 2.39 bits per heavy atom. The highest BCUT2D eigenvalue weighted by Gasteiger charge is 2.33. The van der Waals surface area contributed by atoms with Crippen molar-refractivity contribution in [3.63, 3.8) is 0 Å². The lowest BCUT2D eigenvalue weighted by Gasteiger charge is -2.29. The summed E-state index contributed by atoms with van der Waals surface area (Å²) in [5, 5.41) is 5.27. The van der Waals surface area contributed by atoms with E-state index in [4.69, 9.17) is 11.6 Å². The predicted molar refractivity (Wildman–Crippen MR) is 111 cm³/mol. The van der Waals surface area contributed by atoms with Crippen LogP contribution < -0.4 is 4.90 Å². The van der Waals surface area contributed by atoms with Crippen LogP contribution in [0.3, 0.4) is 0 Å². The molecule has 0 spiro atoms. The zero-order chi connectivity index (χ0) is 20.5. The fourth-order valence-electron chi connectivity index (χ4n) is 3.82. The molecule has 2 heterocycles. The van der Waals surface area contributed by atoms with Gasteiger partial charge < -0.3 is 4.90 Å². The summed E-state index contributed by atoms with van der Waals surface area (Å²) in [6.45, 7) is 8.42. The number of sulfonamides is 1. The topological polar surface area (TPSA) is 59.6 Å². The first kappa shape index (κ1) is 21.3. The van der Waals surface area contributed by atoms with Gasteiger partial charge in [-0.25, -0.2) is 13.1 Å². The molecule has 1 aromatic heterocycles. The van der Waals surface area contributed by atoms with E-state index in [2.05, 4.69) is 19.1 Å². The van der Waals surface area contributed by atoms with Gasteiger partial charge in [0, 0.05) is 23.7 Å². The molecular formula is C20H30ClN4O2S+. The molecule has 1 aliphatic rings. The lowest BCUT2D eigenvalue weighted by molar-refractivity contribution is -0.917. The molecule has 0 aliphatic carbocycles. The predicted octanol–water partition coefficient (Wildman–Crippen LogP) is 2.25. The molecule has 0 amide bonds. The summed E-state index contributed by atoms with van der Waals surface area (Å²) in [4.78, 5) is 1.59. The monoisotopic (exact) mass is 425 g/mol. The molecule has 1 aliphatic heterocycles. The van der Waals surface area contributed by atoms with Crippen LogP contribution in [0.2, 0.25) is 5.02 Å². The van der Waals surface area contributed by atoms with Crippen LogP contribution in [-0.4, -0.2) is 42.6 Å². The molecule has 0 bridgehead atoms. The van der Waals surface area contributed by atoms with Crippen molar-refractivity contribution in [2.45, 2.75) is 51.7 Å². The Bertz CT molecular complexity index is 916. The average Bonchev–Trinajstić information content (AvgIpc) is 2.91. The SMILES string of the molecule is Cc1nn(C[NH+](C)Cc2ccc(Cl)cc2)c(C)c1S(=O)(=O)N1CCC(C)CC1. The van der Waals surface area contributed by atoms with Gasteiger partial charge in [-0.1, -0.05) is 30.7 Å². The third-order valence-electron chi connectivity index (χ3n) is 5.49. The summed E-state index contributed by atoms with van der Waals surface area (Å²) in [6.07, 6.45) is 1.83. The van der Waals surface area contributed by atoms with Gasteiger partial charge in [-0.3, -0.25) is 0 Å². The van der Waals surface area contributed by atoms with Crippen LogP contribution >= 0.6 is 11.6 Å². The van der Waals surface area contributed by atoms with Crippen LogP contribution in [0, 0.1) is 19.8 Å². The number of aromatic nitrogens is 2. The van der Waals surface area contributed by atoms with Crippen LogP contribution in [0.15, 0.2) is 29.2 Å². The van der Waals surface area contributed by atoms with Gasteiger partial charge in [-0.2, -0.15) is 9.40 Å². The molecule has 6 nitrogen and oxygen atoms in total. The van der Waals surface area contributed by atoms with Crippen molar-refractivity contribution in [2.24, 2.45) is 5.92 Å². The van der Waals surface area contributed by atoms with Crippen molar-refractivity contribution in [3.8, 4) is 0 Å². The Hall–Kier alpha value is -1.41. The summed E-state index contributed by atoms with van der Waals surface area (Å²) < 4.78 is 29.9. The number of nitrogens with one attached hydrogen (secondary N) is 1. The summed E-state index contributed by atoms with van der Waals surface area (Å²) in [5.41, 5.74) is 2.47. The van der Waals surface area contributed by atoms with Crippen molar-refractivity contribution in [1.82, 2.24) is 14.1 Å². The van der Waals surface area contributed by atoms with E-state index in [-0.39, 0.29) is 0 Å². The molecule has 1 N–H and O–H groups in total. The minimum Gasteiger partial charge on any atom is -0.315 e. The molecular weight excluding hydrogens is 396 g/mol. The van der Waals surface area contributed by atoms with E-state index in [9.17, 15) is 8.42 Å². The molecule has 2 aromatic rings. The fraction of sp³-hybridized carbons (Fsp3) is 0.550. The maximum absolute atomic E-state index is 13.2. The number of halogens is 1. The summed E-state index contributed by atoms with van der Waals surface area (Å²) in [6, 6.07) is 7.80. The van der Waals surface area contributed by atoms with Crippen molar-refractivity contribution in [1.29, 1.82) is 0 Å². The molecule has 0 radical (unpaired) electrons. The minimum absolute atomic E-state index is 0.376. The van der Waals surface area contributed by atoms with E-state index < -0.39 is 10.0 Å². The highest BCUT2D eigenvalue weighted by Crippen LogP contribution is 2.27. The Morgan fingerprint density at radius 2 is 1.79 bits per heavy atom. The highest BCUT2D eigenvalue weighted by atomic mass is 35.5. The Balaban J connectivity index is 1.76. The summed E-state index contributed by atoms with van der Waals surface area (Å²) in [5.74, 6) is 0.585. The van der Waals surface area contributed by atoms with E-state index in [0.29, 0.717) is 42.0 Å². The molecule has 1 fully saturated rings. The van der Waals surface area contributed by atoms with E-state index in [0.717, 1.165) is 24.4 Å². The minimum atomic E-state index is -3.50. The third-order valence-corrected chi connectivity index (χ3v) is 7.90. The second-order valence-electron chi connectivity index (χ2n) is 8.00. The first-order valence-corrected chi connectivity index (χ1v) is 11.6. The van der Waals surface area contributed by atoms with Gasteiger partial charge in [0.1, 0.15) is 11.4 Å². The molecule has 1 unspecified atom stereocenters. The molecule has 1 saturated heterocycles. The second-order valence-corrected chi connectivity index (χ2v) is 10.3. The van der Waals surface area contributed by atoms with Gasteiger partial charge in [-0.15, -0.1) is 0 Å². The number of quaternary nitrogens is 1. The van der Waals surface area contributed by atoms with E-state index >= 15 is 0 Å². The third kappa shape index (κ3) is 4.59. The van der Waals surface area contributed by atoms with Gasteiger partial charge >= 0.3 is 0 Å². The van der Waals surface area contributed by atoms with Gasteiger partial charge in [0.05, 0.1) is 18.4 Å². The quantitative estimate of drug-likeness (QED) is 0.772. The molecule has 154 valence electrons. The number of piperidine rings is 1.